The number of para-hydroxylation sites is 1. The molecule has 1 aromatic carbocycles. The molecule has 2 atom stereocenters. The normalized spacial score (nSPS) is 24.4. The summed E-state index contributed by atoms with van der Waals surface area (Å²) in [7, 11) is 0. The maximum absolute atomic E-state index is 9.17. The Kier molecular flexibility index (Phi) is 3.65. The molecule has 0 amide bonds. The summed E-state index contributed by atoms with van der Waals surface area (Å²) in [5.74, 6) is 0.598. The van der Waals surface area contributed by atoms with Crippen LogP contribution in [0.15, 0.2) is 24.3 Å². The average Bonchev–Trinajstić information content (AvgIpc) is 2.38. The zero-order valence-corrected chi connectivity index (χ0v) is 10.3. The van der Waals surface area contributed by atoms with Crippen molar-refractivity contribution < 1.29 is 0 Å². The van der Waals surface area contributed by atoms with Gasteiger partial charge in [-0.25, -0.2) is 0 Å². The number of rotatable bonds is 2. The lowest BCUT2D eigenvalue weighted by Crippen LogP contribution is -2.49. The first kappa shape index (κ1) is 11.9. The van der Waals surface area contributed by atoms with Crippen molar-refractivity contribution in [1.29, 1.82) is 5.26 Å². The van der Waals surface area contributed by atoms with E-state index in [0.717, 1.165) is 17.8 Å². The molecule has 1 fully saturated rings. The van der Waals surface area contributed by atoms with Crippen LogP contribution in [0.5, 0.6) is 0 Å². The molecule has 2 rings (SSSR count). The molecule has 0 aromatic heterocycles. The molecular formula is C14H19N3. The Balaban J connectivity index is 2.34. The van der Waals surface area contributed by atoms with Gasteiger partial charge in [0.2, 0.25) is 0 Å². The molecule has 0 radical (unpaired) electrons. The van der Waals surface area contributed by atoms with Crippen LogP contribution in [0, 0.1) is 17.2 Å². The molecule has 1 aliphatic rings. The minimum absolute atomic E-state index is 0.359. The molecule has 2 unspecified atom stereocenters. The van der Waals surface area contributed by atoms with Crippen molar-refractivity contribution >= 4 is 5.69 Å². The van der Waals surface area contributed by atoms with E-state index in [-0.39, 0.29) is 0 Å². The van der Waals surface area contributed by atoms with E-state index >= 15 is 0 Å². The standard InChI is InChI=1S/C14H19N3/c1-11-5-4-8-17(14(11)10-16)13-7-3-2-6-12(13)9-15/h2-3,6-7,11,14H,4-5,8,10,16H2,1H3. The van der Waals surface area contributed by atoms with Gasteiger partial charge in [-0.3, -0.25) is 0 Å². The number of benzene rings is 1. The lowest BCUT2D eigenvalue weighted by atomic mass is 9.90. The highest BCUT2D eigenvalue weighted by Crippen LogP contribution is 2.30. The van der Waals surface area contributed by atoms with E-state index in [0.29, 0.717) is 18.5 Å². The van der Waals surface area contributed by atoms with Crippen molar-refractivity contribution in [3.63, 3.8) is 0 Å². The maximum atomic E-state index is 9.17. The Morgan fingerprint density at radius 2 is 2.24 bits per heavy atom. The topological polar surface area (TPSA) is 53.0 Å². The summed E-state index contributed by atoms with van der Waals surface area (Å²) in [5, 5.41) is 9.17. The summed E-state index contributed by atoms with van der Waals surface area (Å²) in [6.07, 6.45) is 2.41. The molecular weight excluding hydrogens is 210 g/mol. The van der Waals surface area contributed by atoms with Crippen LogP contribution in [0.4, 0.5) is 5.69 Å². The van der Waals surface area contributed by atoms with E-state index in [1.54, 1.807) is 0 Å². The van der Waals surface area contributed by atoms with E-state index in [4.69, 9.17) is 11.0 Å². The van der Waals surface area contributed by atoms with Crippen LogP contribution < -0.4 is 10.6 Å². The minimum Gasteiger partial charge on any atom is -0.366 e. The third kappa shape index (κ3) is 2.27. The highest BCUT2D eigenvalue weighted by molar-refractivity contribution is 5.60. The van der Waals surface area contributed by atoms with Gasteiger partial charge in [0.25, 0.3) is 0 Å². The maximum Gasteiger partial charge on any atom is 0.101 e. The van der Waals surface area contributed by atoms with Crippen molar-refractivity contribution in [2.45, 2.75) is 25.8 Å². The molecule has 17 heavy (non-hydrogen) atoms. The minimum atomic E-state index is 0.359. The predicted molar refractivity (Wildman–Crippen MR) is 69.7 cm³/mol. The first-order valence-electron chi connectivity index (χ1n) is 6.23. The quantitative estimate of drug-likeness (QED) is 0.845. The Labute approximate surface area is 103 Å². The van der Waals surface area contributed by atoms with E-state index < -0.39 is 0 Å². The largest absolute Gasteiger partial charge is 0.366 e. The third-order valence-electron chi connectivity index (χ3n) is 3.69. The molecule has 1 aliphatic heterocycles. The molecule has 1 saturated heterocycles. The lowest BCUT2D eigenvalue weighted by molar-refractivity contribution is 0.350. The Morgan fingerprint density at radius 1 is 1.47 bits per heavy atom. The van der Waals surface area contributed by atoms with Gasteiger partial charge in [0.15, 0.2) is 0 Å². The van der Waals surface area contributed by atoms with Gasteiger partial charge in [0, 0.05) is 19.1 Å². The van der Waals surface area contributed by atoms with Crippen molar-refractivity contribution in [2.24, 2.45) is 11.7 Å². The number of hydrogen-bond acceptors (Lipinski definition) is 3. The van der Waals surface area contributed by atoms with Crippen LogP contribution >= 0.6 is 0 Å². The molecule has 0 aliphatic carbocycles. The fraction of sp³-hybridized carbons (Fsp3) is 0.500. The summed E-state index contributed by atoms with van der Waals surface area (Å²) < 4.78 is 0. The second-order valence-electron chi connectivity index (χ2n) is 4.74. The van der Waals surface area contributed by atoms with Gasteiger partial charge < -0.3 is 10.6 Å². The number of hydrogen-bond donors (Lipinski definition) is 1. The van der Waals surface area contributed by atoms with Crippen molar-refractivity contribution in [2.75, 3.05) is 18.0 Å². The summed E-state index contributed by atoms with van der Waals surface area (Å²) in [5.41, 5.74) is 7.68. The third-order valence-corrected chi connectivity index (χ3v) is 3.69. The summed E-state index contributed by atoms with van der Waals surface area (Å²) >= 11 is 0. The van der Waals surface area contributed by atoms with Crippen LogP contribution in [-0.2, 0) is 0 Å². The fourth-order valence-corrected chi connectivity index (χ4v) is 2.73. The highest BCUT2D eigenvalue weighted by atomic mass is 15.2. The van der Waals surface area contributed by atoms with Crippen molar-refractivity contribution in [1.82, 2.24) is 0 Å². The average molecular weight is 229 g/mol. The number of nitriles is 1. The number of nitrogens with two attached hydrogens (primary N) is 1. The number of piperidine rings is 1. The van der Waals surface area contributed by atoms with Crippen LogP contribution in [0.25, 0.3) is 0 Å². The SMILES string of the molecule is CC1CCCN(c2ccccc2C#N)C1CN. The van der Waals surface area contributed by atoms with Gasteiger partial charge >= 0.3 is 0 Å². The van der Waals surface area contributed by atoms with Crippen LogP contribution in [0.2, 0.25) is 0 Å². The molecule has 3 nitrogen and oxygen atoms in total. The number of anilines is 1. The highest BCUT2D eigenvalue weighted by Gasteiger charge is 2.28. The van der Waals surface area contributed by atoms with Crippen LogP contribution in [-0.4, -0.2) is 19.1 Å². The number of nitrogens with zero attached hydrogens (tertiary/aromatic N) is 2. The molecule has 2 N–H and O–H groups in total. The molecule has 0 saturated carbocycles. The summed E-state index contributed by atoms with van der Waals surface area (Å²) in [4.78, 5) is 2.31. The molecule has 3 heteroatoms. The van der Waals surface area contributed by atoms with Gasteiger partial charge in [-0.15, -0.1) is 0 Å². The molecule has 0 spiro atoms. The Morgan fingerprint density at radius 3 is 2.94 bits per heavy atom. The summed E-state index contributed by atoms with van der Waals surface area (Å²) in [6, 6.07) is 10.4. The Bertz CT molecular complexity index is 422. The van der Waals surface area contributed by atoms with E-state index in [1.807, 2.05) is 24.3 Å². The van der Waals surface area contributed by atoms with E-state index in [9.17, 15) is 0 Å². The van der Waals surface area contributed by atoms with Gasteiger partial charge in [0.1, 0.15) is 6.07 Å². The first-order valence-corrected chi connectivity index (χ1v) is 6.23. The van der Waals surface area contributed by atoms with Gasteiger partial charge in [-0.1, -0.05) is 19.1 Å². The molecule has 90 valence electrons. The van der Waals surface area contributed by atoms with Gasteiger partial charge in [0.05, 0.1) is 11.3 Å². The zero-order chi connectivity index (χ0) is 12.3. The summed E-state index contributed by atoms with van der Waals surface area (Å²) in [6.45, 7) is 3.91. The van der Waals surface area contributed by atoms with Gasteiger partial charge in [-0.05, 0) is 30.9 Å². The van der Waals surface area contributed by atoms with E-state index in [2.05, 4.69) is 17.9 Å². The smallest absolute Gasteiger partial charge is 0.101 e. The predicted octanol–water partition coefficient (Wildman–Crippen LogP) is 2.12. The van der Waals surface area contributed by atoms with Crippen molar-refractivity contribution in [3.8, 4) is 6.07 Å². The first-order chi connectivity index (χ1) is 8.27. The lowest BCUT2D eigenvalue weighted by Gasteiger charge is -2.41. The van der Waals surface area contributed by atoms with Crippen molar-refractivity contribution in [3.05, 3.63) is 29.8 Å². The second kappa shape index (κ2) is 5.20. The second-order valence-corrected chi connectivity index (χ2v) is 4.74. The zero-order valence-electron chi connectivity index (χ0n) is 10.3. The van der Waals surface area contributed by atoms with Crippen LogP contribution in [0.3, 0.4) is 0 Å². The Hall–Kier alpha value is -1.53. The molecule has 0 bridgehead atoms. The molecule has 1 aromatic rings. The fourth-order valence-electron chi connectivity index (χ4n) is 2.73. The van der Waals surface area contributed by atoms with Gasteiger partial charge in [-0.2, -0.15) is 5.26 Å². The van der Waals surface area contributed by atoms with E-state index in [1.165, 1.54) is 12.8 Å². The van der Waals surface area contributed by atoms with Crippen LogP contribution in [0.1, 0.15) is 25.3 Å². The molecule has 1 heterocycles. The monoisotopic (exact) mass is 229 g/mol.